The summed E-state index contributed by atoms with van der Waals surface area (Å²) in [6.45, 7) is 0.807. The zero-order chi connectivity index (χ0) is 22.4. The summed E-state index contributed by atoms with van der Waals surface area (Å²) in [4.78, 5) is 26.5. The van der Waals surface area contributed by atoms with Gasteiger partial charge < -0.3 is 14.6 Å². The number of amides is 3. The van der Waals surface area contributed by atoms with Crippen LogP contribution in [0.1, 0.15) is 44.1 Å². The Bertz CT molecular complexity index is 838. The lowest BCUT2D eigenvalue weighted by atomic mass is 10.0. The van der Waals surface area contributed by atoms with Crippen LogP contribution in [-0.2, 0) is 14.6 Å². The van der Waals surface area contributed by atoms with Gasteiger partial charge in [0.1, 0.15) is 6.54 Å². The summed E-state index contributed by atoms with van der Waals surface area (Å²) in [6.07, 6.45) is -0.869. The Balaban J connectivity index is 1.76. The molecule has 1 aliphatic heterocycles. The Morgan fingerprint density at radius 3 is 2.57 bits per heavy atom. The maximum absolute atomic E-state index is 12.4. The Morgan fingerprint density at radius 1 is 1.23 bits per heavy atom. The van der Waals surface area contributed by atoms with E-state index >= 15 is 0 Å². The molecule has 1 saturated heterocycles. The zero-order valence-corrected chi connectivity index (χ0v) is 17.4. The normalized spacial score (nSPS) is 16.1. The van der Waals surface area contributed by atoms with Crippen LogP contribution in [0.4, 0.5) is 18.0 Å². The van der Waals surface area contributed by atoms with Gasteiger partial charge in [-0.3, -0.25) is 10.1 Å². The minimum absolute atomic E-state index is 0.0174. The maximum Gasteiger partial charge on any atom is 0.422 e. The van der Waals surface area contributed by atoms with Gasteiger partial charge in [-0.15, -0.1) is 0 Å². The number of imide groups is 1. The second-order valence-electron chi connectivity index (χ2n) is 7.26. The molecule has 1 atom stereocenters. The number of unbranched alkanes of at least 4 members (excludes halogenated alkanes) is 2. The van der Waals surface area contributed by atoms with Crippen LogP contribution in [0.3, 0.4) is 0 Å². The van der Waals surface area contributed by atoms with Gasteiger partial charge in [0.15, 0.2) is 22.3 Å². The number of ether oxygens (including phenoxy) is 1. The first-order valence-electron chi connectivity index (χ1n) is 9.66. The molecular formula is C18H26F3N3O5S. The number of carbonyl (C=O) groups is 2. The van der Waals surface area contributed by atoms with Crippen molar-refractivity contribution in [2.24, 2.45) is 0 Å². The van der Waals surface area contributed by atoms with Crippen molar-refractivity contribution in [3.8, 4) is 5.88 Å². The molecule has 0 bridgehead atoms. The Labute approximate surface area is 173 Å². The molecule has 12 heteroatoms. The van der Waals surface area contributed by atoms with E-state index in [1.54, 1.807) is 0 Å². The molecule has 0 saturated carbocycles. The summed E-state index contributed by atoms with van der Waals surface area (Å²) in [7, 11) is -3.37. The predicted molar refractivity (Wildman–Crippen MR) is 103 cm³/mol. The molecule has 2 rings (SSSR count). The molecule has 0 radical (unpaired) electrons. The molecule has 2 heterocycles. The fraction of sp³-hybridized carbons (Fsp3) is 0.667. The largest absolute Gasteiger partial charge is 0.469 e. The summed E-state index contributed by atoms with van der Waals surface area (Å²) in [5, 5.41) is 2.18. The molecule has 8 nitrogen and oxygen atoms in total. The quantitative estimate of drug-likeness (QED) is 0.374. The van der Waals surface area contributed by atoms with E-state index in [1.807, 2.05) is 6.92 Å². The SMILES string of the molecule is CCC(CS(=O)(=O)CCCCCN1CC(=O)NC1=O)c1c[nH]c(OCC(F)(F)F)c1. The van der Waals surface area contributed by atoms with Crippen LogP contribution in [0.15, 0.2) is 12.3 Å². The average molecular weight is 453 g/mol. The zero-order valence-electron chi connectivity index (χ0n) is 16.6. The molecule has 3 amide bonds. The monoisotopic (exact) mass is 453 g/mol. The first-order valence-corrected chi connectivity index (χ1v) is 11.5. The summed E-state index contributed by atoms with van der Waals surface area (Å²) < 4.78 is 66.2. The number of alkyl halides is 3. The number of nitrogens with one attached hydrogen (secondary N) is 2. The van der Waals surface area contributed by atoms with Gasteiger partial charge in [0.25, 0.3) is 0 Å². The number of H-pyrrole nitrogens is 1. The highest BCUT2D eigenvalue weighted by Crippen LogP contribution is 2.26. The topological polar surface area (TPSA) is 109 Å². The van der Waals surface area contributed by atoms with E-state index in [1.165, 1.54) is 17.2 Å². The third kappa shape index (κ3) is 7.88. The summed E-state index contributed by atoms with van der Waals surface area (Å²) >= 11 is 0. The smallest absolute Gasteiger partial charge is 0.422 e. The van der Waals surface area contributed by atoms with Crippen LogP contribution < -0.4 is 10.1 Å². The van der Waals surface area contributed by atoms with Crippen molar-refractivity contribution in [1.29, 1.82) is 0 Å². The lowest BCUT2D eigenvalue weighted by Gasteiger charge is -2.14. The van der Waals surface area contributed by atoms with Gasteiger partial charge >= 0.3 is 12.2 Å². The highest BCUT2D eigenvalue weighted by Gasteiger charge is 2.29. The standard InChI is InChI=1S/C18H26F3N3O5S/c1-2-13(14-8-16(22-9-14)29-12-18(19,20)21)11-30(27,28)7-5-3-4-6-24-10-15(25)23-17(24)26/h8-9,13,22H,2-7,10-12H2,1H3,(H,23,25,26). The summed E-state index contributed by atoms with van der Waals surface area (Å²) in [5.74, 6) is -0.874. The number of sulfone groups is 1. The van der Waals surface area contributed by atoms with E-state index in [0.29, 0.717) is 37.8 Å². The van der Waals surface area contributed by atoms with Crippen LogP contribution in [-0.4, -0.2) is 67.6 Å². The third-order valence-corrected chi connectivity index (χ3v) is 6.56. The van der Waals surface area contributed by atoms with Gasteiger partial charge in [0.05, 0.1) is 11.5 Å². The summed E-state index contributed by atoms with van der Waals surface area (Å²) in [6, 6.07) is 0.973. The van der Waals surface area contributed by atoms with Crippen LogP contribution in [0.5, 0.6) is 5.88 Å². The van der Waals surface area contributed by atoms with E-state index < -0.39 is 28.7 Å². The number of rotatable bonds is 12. The van der Waals surface area contributed by atoms with E-state index in [9.17, 15) is 31.2 Å². The second-order valence-corrected chi connectivity index (χ2v) is 9.48. The fourth-order valence-corrected chi connectivity index (χ4v) is 5.02. The van der Waals surface area contributed by atoms with Crippen molar-refractivity contribution in [3.63, 3.8) is 0 Å². The van der Waals surface area contributed by atoms with Crippen molar-refractivity contribution >= 4 is 21.8 Å². The highest BCUT2D eigenvalue weighted by atomic mass is 32.2. The van der Waals surface area contributed by atoms with Crippen LogP contribution >= 0.6 is 0 Å². The first-order chi connectivity index (χ1) is 14.0. The molecule has 30 heavy (non-hydrogen) atoms. The molecule has 1 unspecified atom stereocenters. The molecule has 170 valence electrons. The van der Waals surface area contributed by atoms with Gasteiger partial charge in [-0.2, -0.15) is 13.2 Å². The van der Waals surface area contributed by atoms with Crippen molar-refractivity contribution in [2.45, 2.75) is 44.7 Å². The summed E-state index contributed by atoms with van der Waals surface area (Å²) in [5.41, 5.74) is 0.586. The van der Waals surface area contributed by atoms with Gasteiger partial charge in [-0.05, 0) is 30.7 Å². The van der Waals surface area contributed by atoms with Crippen LogP contribution in [0.2, 0.25) is 0 Å². The van der Waals surface area contributed by atoms with Gasteiger partial charge in [0.2, 0.25) is 5.91 Å². The Hall–Kier alpha value is -2.24. The van der Waals surface area contributed by atoms with Gasteiger partial charge in [0, 0.05) is 18.8 Å². The minimum atomic E-state index is -4.45. The number of hydrogen-bond acceptors (Lipinski definition) is 5. The van der Waals surface area contributed by atoms with Crippen molar-refractivity contribution < 1.29 is 35.9 Å². The first kappa shape index (κ1) is 24.0. The predicted octanol–water partition coefficient (Wildman–Crippen LogP) is 2.59. The van der Waals surface area contributed by atoms with Crippen LogP contribution in [0.25, 0.3) is 0 Å². The molecule has 2 N–H and O–H groups in total. The lowest BCUT2D eigenvalue weighted by Crippen LogP contribution is -2.29. The number of nitrogens with zero attached hydrogens (tertiary/aromatic N) is 1. The number of aromatic nitrogens is 1. The van der Waals surface area contributed by atoms with E-state index in [4.69, 9.17) is 0 Å². The minimum Gasteiger partial charge on any atom is -0.469 e. The number of hydrogen-bond donors (Lipinski definition) is 2. The highest BCUT2D eigenvalue weighted by molar-refractivity contribution is 7.91. The molecule has 0 aliphatic carbocycles. The molecule has 1 aromatic rings. The number of aromatic amines is 1. The fourth-order valence-electron chi connectivity index (χ4n) is 3.17. The van der Waals surface area contributed by atoms with Crippen molar-refractivity contribution in [3.05, 3.63) is 17.8 Å². The van der Waals surface area contributed by atoms with Crippen molar-refractivity contribution in [2.75, 3.05) is 31.2 Å². The molecule has 1 aliphatic rings. The lowest BCUT2D eigenvalue weighted by molar-refractivity contribution is -0.154. The van der Waals surface area contributed by atoms with Crippen LogP contribution in [0, 0.1) is 0 Å². The van der Waals surface area contributed by atoms with E-state index in [2.05, 4.69) is 15.0 Å². The van der Waals surface area contributed by atoms with E-state index in [0.717, 1.165) is 0 Å². The molecule has 0 spiro atoms. The molecule has 1 aromatic heterocycles. The van der Waals surface area contributed by atoms with E-state index in [-0.39, 0.29) is 35.8 Å². The Morgan fingerprint density at radius 2 is 1.97 bits per heavy atom. The average Bonchev–Trinajstić information content (AvgIpc) is 3.23. The number of halogens is 3. The van der Waals surface area contributed by atoms with Crippen molar-refractivity contribution in [1.82, 2.24) is 15.2 Å². The second kappa shape index (κ2) is 10.2. The third-order valence-electron chi connectivity index (χ3n) is 4.74. The van der Waals surface area contributed by atoms with Gasteiger partial charge in [-0.25, -0.2) is 13.2 Å². The molecule has 1 fully saturated rings. The number of carbonyl (C=O) groups excluding carboxylic acids is 2. The Kier molecular flexibility index (Phi) is 8.16. The molecule has 0 aromatic carbocycles. The van der Waals surface area contributed by atoms with Gasteiger partial charge in [-0.1, -0.05) is 13.3 Å². The number of urea groups is 1. The maximum atomic E-state index is 12.4. The molecular weight excluding hydrogens is 427 g/mol.